The second-order valence-corrected chi connectivity index (χ2v) is 6.01. The Hall–Kier alpha value is -1.10. The number of aromatic nitrogens is 3. The van der Waals surface area contributed by atoms with E-state index in [0.29, 0.717) is 10.7 Å². The van der Waals surface area contributed by atoms with Gasteiger partial charge in [0.2, 0.25) is 16.5 Å². The van der Waals surface area contributed by atoms with E-state index in [1.807, 2.05) is 12.1 Å². The fourth-order valence-electron chi connectivity index (χ4n) is 2.13. The molecule has 0 bridgehead atoms. The predicted molar refractivity (Wildman–Crippen MR) is 92.3 cm³/mol. The number of anilines is 2. The standard InChI is InChI=1S/C9H5Cl3N4.C6H12/c10-5-3-1-2-4-6(5)13-9-15-7(11)14-8(12)16-9;1-2-4-6-5-3-1/h1-4H,(H,13,14,15,16);1-6H2. The maximum atomic E-state index is 5.95. The number of para-hydroxylation sites is 1. The van der Waals surface area contributed by atoms with Gasteiger partial charge in [0, 0.05) is 0 Å². The van der Waals surface area contributed by atoms with E-state index < -0.39 is 0 Å². The molecular weight excluding hydrogens is 343 g/mol. The Morgan fingerprint density at radius 1 is 0.727 bits per heavy atom. The molecule has 0 radical (unpaired) electrons. The van der Waals surface area contributed by atoms with Crippen molar-refractivity contribution in [3.05, 3.63) is 39.9 Å². The first-order chi connectivity index (χ1) is 10.6. The topological polar surface area (TPSA) is 50.7 Å². The van der Waals surface area contributed by atoms with Gasteiger partial charge in [0.15, 0.2) is 0 Å². The van der Waals surface area contributed by atoms with Crippen LogP contribution in [0.5, 0.6) is 0 Å². The highest BCUT2D eigenvalue weighted by Crippen LogP contribution is 2.23. The lowest BCUT2D eigenvalue weighted by molar-refractivity contribution is 0.504. The van der Waals surface area contributed by atoms with Gasteiger partial charge in [0.25, 0.3) is 0 Å². The van der Waals surface area contributed by atoms with Gasteiger partial charge in [-0.15, -0.1) is 0 Å². The fraction of sp³-hybridized carbons (Fsp3) is 0.400. The molecule has 118 valence electrons. The first-order valence-electron chi connectivity index (χ1n) is 7.24. The molecular formula is C15H17Cl3N4. The highest BCUT2D eigenvalue weighted by molar-refractivity contribution is 6.33. The molecule has 0 unspecified atom stereocenters. The van der Waals surface area contributed by atoms with Crippen LogP contribution < -0.4 is 5.32 Å². The van der Waals surface area contributed by atoms with Crippen LogP contribution in [0.1, 0.15) is 38.5 Å². The van der Waals surface area contributed by atoms with Gasteiger partial charge in [0.05, 0.1) is 10.7 Å². The van der Waals surface area contributed by atoms with Crippen LogP contribution in [0.25, 0.3) is 0 Å². The average molecular weight is 360 g/mol. The second-order valence-electron chi connectivity index (χ2n) is 4.92. The number of nitrogens with zero attached hydrogens (tertiary/aromatic N) is 3. The monoisotopic (exact) mass is 358 g/mol. The van der Waals surface area contributed by atoms with Crippen LogP contribution in [0.2, 0.25) is 15.6 Å². The number of hydrogen-bond donors (Lipinski definition) is 1. The minimum absolute atomic E-state index is 0.0227. The zero-order valence-electron chi connectivity index (χ0n) is 12.0. The molecule has 0 saturated heterocycles. The SMILES string of the molecule is C1CCCCC1.Clc1nc(Cl)nc(Nc2ccccc2Cl)n1. The van der Waals surface area contributed by atoms with Gasteiger partial charge in [-0.25, -0.2) is 0 Å². The van der Waals surface area contributed by atoms with Crippen LogP contribution in [-0.2, 0) is 0 Å². The zero-order chi connectivity index (χ0) is 15.8. The van der Waals surface area contributed by atoms with E-state index in [0.717, 1.165) is 0 Å². The van der Waals surface area contributed by atoms with E-state index in [-0.39, 0.29) is 16.5 Å². The van der Waals surface area contributed by atoms with Crippen molar-refractivity contribution in [2.24, 2.45) is 0 Å². The summed E-state index contributed by atoms with van der Waals surface area (Å²) < 4.78 is 0. The van der Waals surface area contributed by atoms with Crippen molar-refractivity contribution in [2.75, 3.05) is 5.32 Å². The Balaban J connectivity index is 0.000000246. The molecule has 4 nitrogen and oxygen atoms in total. The molecule has 1 saturated carbocycles. The second kappa shape index (κ2) is 9.13. The Morgan fingerprint density at radius 3 is 1.73 bits per heavy atom. The smallest absolute Gasteiger partial charge is 0.232 e. The molecule has 1 heterocycles. The van der Waals surface area contributed by atoms with E-state index in [2.05, 4.69) is 20.3 Å². The summed E-state index contributed by atoms with van der Waals surface area (Å²) in [4.78, 5) is 11.4. The average Bonchev–Trinajstić information content (AvgIpc) is 2.51. The van der Waals surface area contributed by atoms with Gasteiger partial charge in [-0.3, -0.25) is 0 Å². The molecule has 7 heteroatoms. The summed E-state index contributed by atoms with van der Waals surface area (Å²) in [6.45, 7) is 0. The highest BCUT2D eigenvalue weighted by atomic mass is 35.5. The van der Waals surface area contributed by atoms with Crippen molar-refractivity contribution in [1.29, 1.82) is 0 Å². The molecule has 1 aliphatic carbocycles. The summed E-state index contributed by atoms with van der Waals surface area (Å²) in [7, 11) is 0. The van der Waals surface area contributed by atoms with Crippen LogP contribution in [-0.4, -0.2) is 15.0 Å². The Labute approximate surface area is 145 Å². The molecule has 1 aromatic heterocycles. The number of hydrogen-bond acceptors (Lipinski definition) is 4. The molecule has 2 aromatic rings. The molecule has 1 aromatic carbocycles. The molecule has 0 atom stereocenters. The quantitative estimate of drug-likeness (QED) is 0.723. The van der Waals surface area contributed by atoms with Crippen molar-refractivity contribution in [3.8, 4) is 0 Å². The number of rotatable bonds is 2. The maximum Gasteiger partial charge on any atom is 0.232 e. The molecule has 22 heavy (non-hydrogen) atoms. The van der Waals surface area contributed by atoms with Gasteiger partial charge >= 0.3 is 0 Å². The van der Waals surface area contributed by atoms with E-state index in [1.165, 1.54) is 38.5 Å². The van der Waals surface area contributed by atoms with Crippen LogP contribution in [0.3, 0.4) is 0 Å². The highest BCUT2D eigenvalue weighted by Gasteiger charge is 2.05. The summed E-state index contributed by atoms with van der Waals surface area (Å²) in [5.41, 5.74) is 0.669. The Morgan fingerprint density at radius 2 is 1.23 bits per heavy atom. The van der Waals surface area contributed by atoms with Crippen LogP contribution in [0, 0.1) is 0 Å². The minimum atomic E-state index is 0.0227. The number of halogens is 3. The van der Waals surface area contributed by atoms with Gasteiger partial charge in [0.1, 0.15) is 0 Å². The lowest BCUT2D eigenvalue weighted by Crippen LogP contribution is -1.99. The third-order valence-electron chi connectivity index (χ3n) is 3.20. The zero-order valence-corrected chi connectivity index (χ0v) is 14.3. The lowest BCUT2D eigenvalue weighted by atomic mass is 10.0. The van der Waals surface area contributed by atoms with Crippen molar-refractivity contribution in [2.45, 2.75) is 38.5 Å². The van der Waals surface area contributed by atoms with E-state index in [9.17, 15) is 0 Å². The summed E-state index contributed by atoms with van der Waals surface area (Å²) >= 11 is 17.2. The summed E-state index contributed by atoms with van der Waals surface area (Å²) in [6, 6.07) is 7.18. The normalized spacial score (nSPS) is 14.0. The maximum absolute atomic E-state index is 5.95. The number of nitrogens with one attached hydrogen (secondary N) is 1. The molecule has 0 aliphatic heterocycles. The van der Waals surface area contributed by atoms with Crippen molar-refractivity contribution >= 4 is 46.4 Å². The predicted octanol–water partition coefficient (Wildman–Crippen LogP) is 5.92. The molecule has 1 aliphatic rings. The van der Waals surface area contributed by atoms with Crippen LogP contribution in [0.15, 0.2) is 24.3 Å². The van der Waals surface area contributed by atoms with Gasteiger partial charge in [-0.1, -0.05) is 62.3 Å². The van der Waals surface area contributed by atoms with Gasteiger partial charge in [-0.05, 0) is 35.3 Å². The fourth-order valence-corrected chi connectivity index (χ4v) is 2.67. The van der Waals surface area contributed by atoms with Crippen LogP contribution >= 0.6 is 34.8 Å². The Kier molecular flexibility index (Phi) is 7.16. The largest absolute Gasteiger partial charge is 0.323 e. The number of benzene rings is 1. The molecule has 1 fully saturated rings. The summed E-state index contributed by atoms with van der Waals surface area (Å²) in [5, 5.41) is 3.49. The van der Waals surface area contributed by atoms with Crippen molar-refractivity contribution < 1.29 is 0 Å². The third kappa shape index (κ3) is 5.95. The van der Waals surface area contributed by atoms with E-state index in [4.69, 9.17) is 34.8 Å². The first-order valence-corrected chi connectivity index (χ1v) is 8.37. The van der Waals surface area contributed by atoms with Crippen molar-refractivity contribution in [1.82, 2.24) is 15.0 Å². The Bertz CT molecular complexity index is 571. The van der Waals surface area contributed by atoms with Gasteiger partial charge in [-0.2, -0.15) is 15.0 Å². The van der Waals surface area contributed by atoms with E-state index in [1.54, 1.807) is 12.1 Å². The lowest BCUT2D eigenvalue weighted by Gasteiger charge is -2.06. The van der Waals surface area contributed by atoms with Gasteiger partial charge < -0.3 is 5.32 Å². The van der Waals surface area contributed by atoms with Crippen molar-refractivity contribution in [3.63, 3.8) is 0 Å². The minimum Gasteiger partial charge on any atom is -0.323 e. The van der Waals surface area contributed by atoms with Crippen LogP contribution in [0.4, 0.5) is 11.6 Å². The molecule has 3 rings (SSSR count). The molecule has 1 N–H and O–H groups in total. The third-order valence-corrected chi connectivity index (χ3v) is 3.87. The molecule has 0 spiro atoms. The van der Waals surface area contributed by atoms with E-state index >= 15 is 0 Å². The molecule has 0 amide bonds. The first kappa shape index (κ1) is 17.3. The summed E-state index contributed by atoms with van der Waals surface area (Å²) in [5.74, 6) is 0.248. The summed E-state index contributed by atoms with van der Waals surface area (Å²) in [6.07, 6.45) is 9.00.